The van der Waals surface area contributed by atoms with Crippen LogP contribution < -0.4 is 9.64 Å². The van der Waals surface area contributed by atoms with Crippen molar-refractivity contribution in [1.29, 1.82) is 0 Å². The van der Waals surface area contributed by atoms with Gasteiger partial charge in [-0.25, -0.2) is 4.98 Å². The second kappa shape index (κ2) is 9.25. The van der Waals surface area contributed by atoms with E-state index in [0.717, 1.165) is 49.0 Å². The summed E-state index contributed by atoms with van der Waals surface area (Å²) in [5, 5.41) is 11.3. The molecule has 5 nitrogen and oxygen atoms in total. The van der Waals surface area contributed by atoms with Crippen LogP contribution in [0.1, 0.15) is 13.3 Å². The molecular weight excluding hydrogens is 362 g/mol. The van der Waals surface area contributed by atoms with Crippen LogP contribution in [0.4, 0.5) is 5.82 Å². The predicted octanol–water partition coefficient (Wildman–Crippen LogP) is 3.80. The first kappa shape index (κ1) is 19.7. The van der Waals surface area contributed by atoms with Crippen molar-refractivity contribution in [2.45, 2.75) is 13.3 Å². The van der Waals surface area contributed by atoms with Gasteiger partial charge in [-0.2, -0.15) is 0 Å². The fourth-order valence-electron chi connectivity index (χ4n) is 3.95. The second-order valence-corrected chi connectivity index (χ2v) is 7.48. The topological polar surface area (TPSA) is 48.8 Å². The second-order valence-electron chi connectivity index (χ2n) is 7.48. The molecule has 0 radical (unpaired) electrons. The molecule has 1 fully saturated rings. The number of benzene rings is 2. The Morgan fingerprint density at radius 3 is 2.48 bits per heavy atom. The molecule has 2 aromatic carbocycles. The van der Waals surface area contributed by atoms with Crippen LogP contribution >= 0.6 is 0 Å². The number of aliphatic hydroxyl groups is 1. The molecule has 3 aromatic rings. The summed E-state index contributed by atoms with van der Waals surface area (Å²) in [4.78, 5) is 10.0. The van der Waals surface area contributed by atoms with Gasteiger partial charge < -0.3 is 14.7 Å². The van der Waals surface area contributed by atoms with Gasteiger partial charge in [-0.05, 0) is 48.7 Å². The van der Waals surface area contributed by atoms with Crippen molar-refractivity contribution in [1.82, 2.24) is 9.88 Å². The lowest BCUT2D eigenvalue weighted by Gasteiger charge is -2.36. The molecule has 2 heterocycles. The summed E-state index contributed by atoms with van der Waals surface area (Å²) in [6.45, 7) is 7.93. The minimum Gasteiger partial charge on any atom is -0.491 e. The van der Waals surface area contributed by atoms with Crippen LogP contribution in [0.3, 0.4) is 0 Å². The number of nitrogens with zero attached hydrogens (tertiary/aromatic N) is 3. The summed E-state index contributed by atoms with van der Waals surface area (Å²) in [6.07, 6.45) is 1.20. The van der Waals surface area contributed by atoms with E-state index in [0.29, 0.717) is 6.61 Å². The molecule has 1 aliphatic heterocycles. The average molecular weight is 392 g/mol. The monoisotopic (exact) mass is 391 g/mol. The number of hydrogen-bond acceptors (Lipinski definition) is 5. The first-order chi connectivity index (χ1) is 14.3. The Kier molecular flexibility index (Phi) is 6.27. The number of hydrogen-bond donors (Lipinski definition) is 1. The summed E-state index contributed by atoms with van der Waals surface area (Å²) < 4.78 is 5.48. The highest BCUT2D eigenvalue weighted by molar-refractivity contribution is 5.95. The summed E-state index contributed by atoms with van der Waals surface area (Å²) in [7, 11) is 0. The largest absolute Gasteiger partial charge is 0.491 e. The first-order valence-corrected chi connectivity index (χ1v) is 10.5. The maximum Gasteiger partial charge on any atom is 0.137 e. The average Bonchev–Trinajstić information content (AvgIpc) is 2.78. The zero-order valence-corrected chi connectivity index (χ0v) is 17.1. The number of fused-ring (bicyclic) bond motifs is 1. The molecule has 4 rings (SSSR count). The molecule has 29 heavy (non-hydrogen) atoms. The highest BCUT2D eigenvalue weighted by Gasteiger charge is 2.20. The van der Waals surface area contributed by atoms with Crippen LogP contribution in [0.5, 0.6) is 5.75 Å². The Morgan fingerprint density at radius 1 is 1.00 bits per heavy atom. The van der Waals surface area contributed by atoms with Gasteiger partial charge in [0.05, 0.1) is 12.3 Å². The van der Waals surface area contributed by atoms with E-state index in [9.17, 15) is 0 Å². The molecular formula is C24H29N3O2. The van der Waals surface area contributed by atoms with Crippen LogP contribution in [-0.4, -0.2) is 60.9 Å². The van der Waals surface area contributed by atoms with Crippen molar-refractivity contribution >= 4 is 16.6 Å². The van der Waals surface area contributed by atoms with Gasteiger partial charge in [-0.1, -0.05) is 31.2 Å². The Labute approximate surface area is 172 Å². The van der Waals surface area contributed by atoms with E-state index in [2.05, 4.69) is 47.1 Å². The van der Waals surface area contributed by atoms with Crippen LogP contribution in [0.25, 0.3) is 22.0 Å². The van der Waals surface area contributed by atoms with Crippen molar-refractivity contribution in [3.05, 3.63) is 54.6 Å². The van der Waals surface area contributed by atoms with Gasteiger partial charge in [0.2, 0.25) is 0 Å². The van der Waals surface area contributed by atoms with E-state index in [1.54, 1.807) is 0 Å². The number of rotatable bonds is 7. The Hall–Kier alpha value is -2.63. The minimum atomic E-state index is 0.0167. The van der Waals surface area contributed by atoms with E-state index in [4.69, 9.17) is 14.8 Å². The normalized spacial score (nSPS) is 15.0. The number of piperazine rings is 1. The molecule has 1 saturated heterocycles. The van der Waals surface area contributed by atoms with Gasteiger partial charge in [-0.3, -0.25) is 4.90 Å². The van der Waals surface area contributed by atoms with Gasteiger partial charge in [-0.15, -0.1) is 0 Å². The smallest absolute Gasteiger partial charge is 0.137 e. The van der Waals surface area contributed by atoms with Gasteiger partial charge >= 0.3 is 0 Å². The van der Waals surface area contributed by atoms with Crippen LogP contribution in [0, 0.1) is 0 Å². The first-order valence-electron chi connectivity index (χ1n) is 10.5. The van der Waals surface area contributed by atoms with E-state index >= 15 is 0 Å². The molecule has 5 heteroatoms. The third kappa shape index (κ3) is 4.52. The van der Waals surface area contributed by atoms with Gasteiger partial charge in [0.25, 0.3) is 0 Å². The molecule has 0 saturated carbocycles. The van der Waals surface area contributed by atoms with Crippen LogP contribution in [-0.2, 0) is 0 Å². The molecule has 0 bridgehead atoms. The van der Waals surface area contributed by atoms with E-state index in [-0.39, 0.29) is 6.61 Å². The molecule has 1 N–H and O–H groups in total. The molecule has 0 atom stereocenters. The summed E-state index contributed by atoms with van der Waals surface area (Å²) in [6, 6.07) is 18.6. The Morgan fingerprint density at radius 2 is 1.76 bits per heavy atom. The van der Waals surface area contributed by atoms with Crippen LogP contribution in [0.2, 0.25) is 0 Å². The van der Waals surface area contributed by atoms with E-state index in [1.165, 1.54) is 23.7 Å². The van der Waals surface area contributed by atoms with E-state index < -0.39 is 0 Å². The quantitative estimate of drug-likeness (QED) is 0.664. The molecule has 1 aliphatic rings. The molecule has 0 spiro atoms. The summed E-state index contributed by atoms with van der Waals surface area (Å²) >= 11 is 0. The fourth-order valence-corrected chi connectivity index (χ4v) is 3.95. The standard InChI is InChI=1S/C24H29N3O2/c1-2-11-26-12-14-27(15-13-26)24-22-6-4-3-5-20(22)18-23(25-24)19-7-9-21(10-8-19)29-17-16-28/h3-10,18,28H,2,11-17H2,1H3. The zero-order valence-electron chi connectivity index (χ0n) is 17.1. The number of aliphatic hydroxyl groups excluding tert-OH is 1. The highest BCUT2D eigenvalue weighted by atomic mass is 16.5. The number of pyridine rings is 1. The maximum atomic E-state index is 8.92. The van der Waals surface area contributed by atoms with Crippen molar-refractivity contribution in [3.63, 3.8) is 0 Å². The Bertz CT molecular complexity index is 935. The lowest BCUT2D eigenvalue weighted by atomic mass is 10.1. The SMILES string of the molecule is CCCN1CCN(c2nc(-c3ccc(OCCO)cc3)cc3ccccc23)CC1. The van der Waals surface area contributed by atoms with Crippen LogP contribution in [0.15, 0.2) is 54.6 Å². The molecule has 1 aromatic heterocycles. The molecule has 152 valence electrons. The third-order valence-electron chi connectivity index (χ3n) is 5.44. The zero-order chi connectivity index (χ0) is 20.1. The summed E-state index contributed by atoms with van der Waals surface area (Å²) in [5.41, 5.74) is 2.04. The fraction of sp³-hybridized carbons (Fsp3) is 0.375. The molecule has 0 unspecified atom stereocenters. The summed E-state index contributed by atoms with van der Waals surface area (Å²) in [5.74, 6) is 1.84. The maximum absolute atomic E-state index is 8.92. The van der Waals surface area contributed by atoms with Crippen molar-refractivity contribution in [2.24, 2.45) is 0 Å². The van der Waals surface area contributed by atoms with E-state index in [1.807, 2.05) is 24.3 Å². The number of aromatic nitrogens is 1. The van der Waals surface area contributed by atoms with Crippen molar-refractivity contribution in [3.8, 4) is 17.0 Å². The van der Waals surface area contributed by atoms with Crippen molar-refractivity contribution < 1.29 is 9.84 Å². The number of anilines is 1. The Balaban J connectivity index is 1.64. The molecule has 0 aliphatic carbocycles. The predicted molar refractivity (Wildman–Crippen MR) is 119 cm³/mol. The van der Waals surface area contributed by atoms with Gasteiger partial charge in [0.1, 0.15) is 18.2 Å². The molecule has 0 amide bonds. The minimum absolute atomic E-state index is 0.0167. The van der Waals surface area contributed by atoms with Crippen molar-refractivity contribution in [2.75, 3.05) is 50.8 Å². The number of ether oxygens (including phenoxy) is 1. The lowest BCUT2D eigenvalue weighted by molar-refractivity contribution is 0.201. The highest BCUT2D eigenvalue weighted by Crippen LogP contribution is 2.31. The van der Waals surface area contributed by atoms with Gasteiger partial charge in [0.15, 0.2) is 0 Å². The lowest BCUT2D eigenvalue weighted by Crippen LogP contribution is -2.46. The van der Waals surface area contributed by atoms with Gasteiger partial charge in [0, 0.05) is 37.1 Å². The third-order valence-corrected chi connectivity index (χ3v) is 5.44.